The van der Waals surface area contributed by atoms with Crippen molar-refractivity contribution in [3.63, 3.8) is 0 Å². The number of nitrogens with one attached hydrogen (secondary N) is 2. The molecule has 11 heteroatoms. The van der Waals surface area contributed by atoms with Crippen molar-refractivity contribution in [2.45, 2.75) is 32.2 Å². The summed E-state index contributed by atoms with van der Waals surface area (Å²) < 4.78 is 76.8. The summed E-state index contributed by atoms with van der Waals surface area (Å²) >= 11 is 0. The number of hydrogen-bond acceptors (Lipinski definition) is 3. The number of rotatable bonds is 3. The van der Waals surface area contributed by atoms with Gasteiger partial charge in [0.25, 0.3) is 5.91 Å². The normalized spacial score (nSPS) is 13.6. The first-order chi connectivity index (χ1) is 11.4. The van der Waals surface area contributed by atoms with Crippen LogP contribution in [0.25, 0.3) is 0 Å². The van der Waals surface area contributed by atoms with Crippen molar-refractivity contribution in [3.8, 4) is 0 Å². The van der Waals surface area contributed by atoms with Crippen LogP contribution in [0.3, 0.4) is 0 Å². The third-order valence-corrected chi connectivity index (χ3v) is 3.22. The van der Waals surface area contributed by atoms with E-state index in [0.29, 0.717) is 18.0 Å². The molecule has 0 aliphatic rings. The Kier molecular flexibility index (Phi) is 4.78. The molecular formula is C14H12F6N4O. The van der Waals surface area contributed by atoms with Gasteiger partial charge in [0.1, 0.15) is 11.6 Å². The quantitative estimate of drug-likeness (QED) is 0.815. The maximum absolute atomic E-state index is 12.8. The molecule has 1 aromatic carbocycles. The number of carbonyl (C=O) groups is 1. The standard InChI is InChI=1S/C14H12F6N4O/c1-6(11-22-7(2)23-24-11)21-12(25)8-3-9(13(15,16)17)5-10(4-8)14(18,19)20/h3-6H,1-2H3,(H,21,25)(H,22,23,24). The predicted octanol–water partition coefficient (Wildman–Crippen LogP) is 3.64. The lowest BCUT2D eigenvalue weighted by Crippen LogP contribution is -2.28. The minimum atomic E-state index is -5.02. The molecule has 0 saturated heterocycles. The highest BCUT2D eigenvalue weighted by Gasteiger charge is 2.37. The Morgan fingerprint density at radius 3 is 2.00 bits per heavy atom. The van der Waals surface area contributed by atoms with Gasteiger partial charge in [-0.25, -0.2) is 4.98 Å². The van der Waals surface area contributed by atoms with Crippen LogP contribution in [0.5, 0.6) is 0 Å². The molecule has 1 unspecified atom stereocenters. The van der Waals surface area contributed by atoms with E-state index in [1.54, 1.807) is 6.92 Å². The van der Waals surface area contributed by atoms with Gasteiger partial charge in [0, 0.05) is 5.56 Å². The molecule has 0 aliphatic heterocycles. The number of aromatic nitrogens is 3. The van der Waals surface area contributed by atoms with Gasteiger partial charge in [0.2, 0.25) is 0 Å². The van der Waals surface area contributed by atoms with Crippen LogP contribution >= 0.6 is 0 Å². The molecule has 1 amide bonds. The number of carbonyl (C=O) groups excluding carboxylic acids is 1. The van der Waals surface area contributed by atoms with E-state index in [9.17, 15) is 31.1 Å². The topological polar surface area (TPSA) is 70.7 Å². The fourth-order valence-corrected chi connectivity index (χ4v) is 1.99. The van der Waals surface area contributed by atoms with Gasteiger partial charge in [-0.05, 0) is 32.0 Å². The first kappa shape index (κ1) is 18.7. The summed E-state index contributed by atoms with van der Waals surface area (Å²) in [5.41, 5.74) is -3.88. The molecule has 2 rings (SSSR count). The Bertz CT molecular complexity index is 748. The van der Waals surface area contributed by atoms with Gasteiger partial charge >= 0.3 is 12.4 Å². The average molecular weight is 366 g/mol. The Morgan fingerprint density at radius 2 is 1.60 bits per heavy atom. The summed E-state index contributed by atoms with van der Waals surface area (Å²) in [6.07, 6.45) is -10.0. The van der Waals surface area contributed by atoms with Crippen molar-refractivity contribution in [1.29, 1.82) is 0 Å². The van der Waals surface area contributed by atoms with E-state index in [2.05, 4.69) is 20.5 Å². The number of halogens is 6. The van der Waals surface area contributed by atoms with Crippen LogP contribution in [0.4, 0.5) is 26.3 Å². The van der Waals surface area contributed by atoms with Gasteiger partial charge in [-0.2, -0.15) is 31.4 Å². The number of nitrogens with zero attached hydrogens (tertiary/aromatic N) is 2. The molecule has 1 atom stereocenters. The summed E-state index contributed by atoms with van der Waals surface area (Å²) in [4.78, 5) is 16.0. The number of hydrogen-bond donors (Lipinski definition) is 2. The fourth-order valence-electron chi connectivity index (χ4n) is 1.99. The van der Waals surface area contributed by atoms with E-state index in [1.165, 1.54) is 6.92 Å². The fraction of sp³-hybridized carbons (Fsp3) is 0.357. The molecule has 2 N–H and O–H groups in total. The average Bonchev–Trinajstić information content (AvgIpc) is 2.91. The molecule has 136 valence electrons. The maximum Gasteiger partial charge on any atom is 0.416 e. The number of alkyl halides is 6. The SMILES string of the molecule is Cc1n[nH]c(C(C)NC(=O)c2cc(C(F)(F)F)cc(C(F)(F)F)c2)n1. The second-order valence-electron chi connectivity index (χ2n) is 5.26. The predicted molar refractivity (Wildman–Crippen MR) is 73.4 cm³/mol. The van der Waals surface area contributed by atoms with Gasteiger partial charge < -0.3 is 5.32 Å². The van der Waals surface area contributed by atoms with Gasteiger partial charge in [0.05, 0.1) is 17.2 Å². The van der Waals surface area contributed by atoms with Crippen LogP contribution < -0.4 is 5.32 Å². The zero-order valence-electron chi connectivity index (χ0n) is 12.9. The minimum Gasteiger partial charge on any atom is -0.342 e. The number of H-pyrrole nitrogens is 1. The molecule has 0 radical (unpaired) electrons. The molecule has 0 fully saturated rings. The Morgan fingerprint density at radius 1 is 1.08 bits per heavy atom. The summed E-state index contributed by atoms with van der Waals surface area (Å²) in [5.74, 6) is -0.512. The van der Waals surface area contributed by atoms with Crippen LogP contribution in [0.2, 0.25) is 0 Å². The van der Waals surface area contributed by atoms with E-state index >= 15 is 0 Å². The van der Waals surface area contributed by atoms with Gasteiger partial charge in [-0.1, -0.05) is 0 Å². The highest BCUT2D eigenvalue weighted by atomic mass is 19.4. The molecule has 2 aromatic rings. The minimum absolute atomic E-state index is 0.0416. The first-order valence-corrected chi connectivity index (χ1v) is 6.87. The van der Waals surface area contributed by atoms with Crippen LogP contribution in [-0.2, 0) is 12.4 Å². The van der Waals surface area contributed by atoms with Crippen molar-refractivity contribution in [1.82, 2.24) is 20.5 Å². The van der Waals surface area contributed by atoms with Crippen LogP contribution in [0.1, 0.15) is 46.1 Å². The summed E-state index contributed by atoms with van der Waals surface area (Å²) in [5, 5.41) is 8.50. The van der Waals surface area contributed by atoms with Crippen LogP contribution in [0, 0.1) is 6.92 Å². The van der Waals surface area contributed by atoms with Crippen LogP contribution in [0.15, 0.2) is 18.2 Å². The zero-order valence-corrected chi connectivity index (χ0v) is 12.9. The summed E-state index contributed by atoms with van der Waals surface area (Å²) in [6.45, 7) is 3.02. The monoisotopic (exact) mass is 366 g/mol. The summed E-state index contributed by atoms with van der Waals surface area (Å²) in [7, 11) is 0. The molecule has 5 nitrogen and oxygen atoms in total. The molecule has 1 heterocycles. The molecule has 0 aliphatic carbocycles. The molecule has 0 bridgehead atoms. The first-order valence-electron chi connectivity index (χ1n) is 6.87. The lowest BCUT2D eigenvalue weighted by molar-refractivity contribution is -0.143. The smallest absolute Gasteiger partial charge is 0.342 e. The largest absolute Gasteiger partial charge is 0.416 e. The van der Waals surface area contributed by atoms with Gasteiger partial charge in [-0.15, -0.1) is 0 Å². The second kappa shape index (κ2) is 6.37. The molecule has 0 spiro atoms. The number of aryl methyl sites for hydroxylation is 1. The lowest BCUT2D eigenvalue weighted by atomic mass is 10.0. The Labute approximate surface area is 137 Å². The van der Waals surface area contributed by atoms with E-state index in [1.807, 2.05) is 0 Å². The van der Waals surface area contributed by atoms with E-state index in [0.717, 1.165) is 0 Å². The van der Waals surface area contributed by atoms with E-state index < -0.39 is 41.0 Å². The van der Waals surface area contributed by atoms with Crippen molar-refractivity contribution >= 4 is 5.91 Å². The number of aromatic amines is 1. The van der Waals surface area contributed by atoms with Crippen molar-refractivity contribution < 1.29 is 31.1 Å². The van der Waals surface area contributed by atoms with Crippen molar-refractivity contribution in [3.05, 3.63) is 46.5 Å². The Hall–Kier alpha value is -2.59. The third-order valence-electron chi connectivity index (χ3n) is 3.22. The highest BCUT2D eigenvalue weighted by Crippen LogP contribution is 2.36. The molecule has 1 aromatic heterocycles. The van der Waals surface area contributed by atoms with Gasteiger partial charge in [-0.3, -0.25) is 9.89 Å². The Balaban J connectivity index is 2.35. The maximum atomic E-state index is 12.8. The number of benzene rings is 1. The third kappa shape index (κ3) is 4.48. The van der Waals surface area contributed by atoms with Crippen molar-refractivity contribution in [2.24, 2.45) is 0 Å². The lowest BCUT2D eigenvalue weighted by Gasteiger charge is -2.15. The van der Waals surface area contributed by atoms with Crippen molar-refractivity contribution in [2.75, 3.05) is 0 Å². The van der Waals surface area contributed by atoms with Gasteiger partial charge in [0.15, 0.2) is 0 Å². The zero-order chi connectivity index (χ0) is 19.0. The molecule has 25 heavy (non-hydrogen) atoms. The van der Waals surface area contributed by atoms with Crippen LogP contribution in [-0.4, -0.2) is 21.1 Å². The highest BCUT2D eigenvalue weighted by molar-refractivity contribution is 5.94. The molecular weight excluding hydrogens is 354 g/mol. The van der Waals surface area contributed by atoms with E-state index in [4.69, 9.17) is 0 Å². The number of amides is 1. The second-order valence-corrected chi connectivity index (χ2v) is 5.26. The van der Waals surface area contributed by atoms with E-state index in [-0.39, 0.29) is 11.9 Å². The molecule has 0 saturated carbocycles. The summed E-state index contributed by atoms with van der Waals surface area (Å²) in [6, 6.07) is -0.108.